The van der Waals surface area contributed by atoms with Gasteiger partial charge in [0.1, 0.15) is 0 Å². The lowest BCUT2D eigenvalue weighted by Gasteiger charge is -2.45. The van der Waals surface area contributed by atoms with Gasteiger partial charge in [0.25, 0.3) is 6.71 Å². The van der Waals surface area contributed by atoms with E-state index in [-0.39, 0.29) is 6.71 Å². The number of hydrogen-bond acceptors (Lipinski definition) is 3. The van der Waals surface area contributed by atoms with Gasteiger partial charge in [0.2, 0.25) is 0 Å². The third-order valence-corrected chi connectivity index (χ3v) is 13.3. The summed E-state index contributed by atoms with van der Waals surface area (Å²) in [6.45, 7) is 0.0132. The lowest BCUT2D eigenvalue weighted by atomic mass is 9.33. The summed E-state index contributed by atoms with van der Waals surface area (Å²) in [5, 5.41) is 2.64. The van der Waals surface area contributed by atoms with Gasteiger partial charge in [-0.3, -0.25) is 0 Å². The quantitative estimate of drug-likeness (QED) is 0.162. The molecule has 0 radical (unpaired) electrons. The average Bonchev–Trinajstić information content (AvgIpc) is 3.69. The second kappa shape index (κ2) is 13.2. The van der Waals surface area contributed by atoms with Crippen molar-refractivity contribution in [2.75, 3.05) is 9.80 Å². The Bertz CT molecular complexity index is 3140. The molecule has 0 bridgehead atoms. The molecule has 2 aliphatic rings. The minimum absolute atomic E-state index is 0.0132. The zero-order chi connectivity index (χ0) is 38.2. The topological polar surface area (TPSA) is 6.48 Å². The van der Waals surface area contributed by atoms with Crippen molar-refractivity contribution in [3.05, 3.63) is 212 Å². The van der Waals surface area contributed by atoms with E-state index in [1.165, 1.54) is 98.4 Å². The Morgan fingerprint density at radius 3 is 1.67 bits per heavy atom. The van der Waals surface area contributed by atoms with Gasteiger partial charge in [0.05, 0.1) is 5.69 Å². The molecule has 9 aromatic carbocycles. The van der Waals surface area contributed by atoms with E-state index in [1.807, 2.05) is 11.3 Å². The Hall–Kier alpha value is -7.14. The minimum atomic E-state index is 0.0132. The van der Waals surface area contributed by atoms with Crippen LogP contribution in [0.3, 0.4) is 0 Å². The van der Waals surface area contributed by atoms with E-state index in [2.05, 4.69) is 222 Å². The Balaban J connectivity index is 1.19. The van der Waals surface area contributed by atoms with E-state index in [1.54, 1.807) is 0 Å². The van der Waals surface area contributed by atoms with Crippen LogP contribution in [-0.2, 0) is 0 Å². The monoisotopic (exact) mass is 754 g/mol. The Morgan fingerprint density at radius 1 is 0.362 bits per heavy atom. The lowest BCUT2D eigenvalue weighted by Crippen LogP contribution is -2.61. The Morgan fingerprint density at radius 2 is 0.914 bits per heavy atom. The van der Waals surface area contributed by atoms with Crippen molar-refractivity contribution >= 4 is 88.7 Å². The molecule has 2 aliphatic heterocycles. The molecule has 4 heteroatoms. The molecule has 10 aromatic rings. The first kappa shape index (κ1) is 33.0. The van der Waals surface area contributed by atoms with E-state index in [0.717, 1.165) is 5.69 Å². The van der Waals surface area contributed by atoms with Crippen LogP contribution in [0.5, 0.6) is 0 Å². The maximum atomic E-state index is 2.58. The third-order valence-electron chi connectivity index (χ3n) is 12.1. The van der Waals surface area contributed by atoms with Gasteiger partial charge in [0, 0.05) is 59.7 Å². The average molecular weight is 755 g/mol. The molecule has 0 saturated carbocycles. The summed E-state index contributed by atoms with van der Waals surface area (Å²) in [5.41, 5.74) is 18.4. The molecular formula is C54H35BN2S. The van der Waals surface area contributed by atoms with Crippen molar-refractivity contribution in [3.8, 4) is 33.4 Å². The van der Waals surface area contributed by atoms with Crippen molar-refractivity contribution in [1.29, 1.82) is 0 Å². The van der Waals surface area contributed by atoms with Crippen LogP contribution in [0.4, 0.5) is 34.1 Å². The molecule has 0 unspecified atom stereocenters. The Kier molecular flexibility index (Phi) is 7.54. The maximum absolute atomic E-state index is 2.58. The molecule has 0 aliphatic carbocycles. The van der Waals surface area contributed by atoms with E-state index in [0.29, 0.717) is 0 Å². The number of thiophene rings is 1. The fraction of sp³-hybridized carbons (Fsp3) is 0. The Labute approximate surface area is 342 Å². The highest BCUT2D eigenvalue weighted by Crippen LogP contribution is 2.50. The van der Waals surface area contributed by atoms with Crippen molar-refractivity contribution in [2.45, 2.75) is 0 Å². The fourth-order valence-electron chi connectivity index (χ4n) is 9.61. The van der Waals surface area contributed by atoms with Crippen LogP contribution in [0, 0.1) is 0 Å². The van der Waals surface area contributed by atoms with E-state index < -0.39 is 0 Å². The normalized spacial score (nSPS) is 12.7. The number of nitrogens with zero attached hydrogens (tertiary/aromatic N) is 2. The van der Waals surface area contributed by atoms with Gasteiger partial charge < -0.3 is 9.80 Å². The smallest absolute Gasteiger partial charge is 0.252 e. The maximum Gasteiger partial charge on any atom is 0.252 e. The molecule has 0 spiro atoms. The van der Waals surface area contributed by atoms with Crippen LogP contribution in [0.1, 0.15) is 0 Å². The highest BCUT2D eigenvalue weighted by molar-refractivity contribution is 7.26. The summed E-state index contributed by atoms with van der Waals surface area (Å²) in [6.07, 6.45) is 0. The number of benzene rings is 9. The fourth-order valence-corrected chi connectivity index (χ4v) is 10.9. The predicted octanol–water partition coefficient (Wildman–Crippen LogP) is 13.1. The van der Waals surface area contributed by atoms with Gasteiger partial charge in [-0.15, -0.1) is 11.3 Å². The van der Waals surface area contributed by atoms with Gasteiger partial charge in [-0.05, 0) is 81.1 Å². The van der Waals surface area contributed by atoms with Gasteiger partial charge in [-0.2, -0.15) is 0 Å². The molecule has 2 nitrogen and oxygen atoms in total. The molecular weight excluding hydrogens is 719 g/mol. The second-order valence-electron chi connectivity index (χ2n) is 15.2. The molecule has 0 saturated heterocycles. The summed E-state index contributed by atoms with van der Waals surface area (Å²) in [4.78, 5) is 5.05. The SMILES string of the molecule is c1ccc(-c2cccc(-c3ccccc3)c2N2c3ccc(-c4cccc5c4sc4ccccc45)cc3B3c4ccccc4N(c4ccccc4)c4cccc2c43)cc1. The molecule has 3 heterocycles. The van der Waals surface area contributed by atoms with Crippen LogP contribution < -0.4 is 26.2 Å². The van der Waals surface area contributed by atoms with Gasteiger partial charge >= 0.3 is 0 Å². The standard InChI is InChI=1S/C54H35BN2S/c1-4-17-36(18-5-1)40-24-14-25-41(37-19-6-2-7-20-37)53(40)57-48-34-33-38(42-26-15-27-44-43-23-10-13-32-51(43)58-54(42)44)35-46(48)55-45-28-11-12-29-47(45)56(39-21-8-3-9-22-39)49-30-16-31-50(57)52(49)55/h1-35H. The van der Waals surface area contributed by atoms with Crippen molar-refractivity contribution in [3.63, 3.8) is 0 Å². The predicted molar refractivity (Wildman–Crippen MR) is 250 cm³/mol. The number of fused-ring (bicyclic) bond motifs is 7. The van der Waals surface area contributed by atoms with E-state index in [4.69, 9.17) is 0 Å². The highest BCUT2D eigenvalue weighted by atomic mass is 32.1. The molecule has 0 atom stereocenters. The second-order valence-corrected chi connectivity index (χ2v) is 16.2. The van der Waals surface area contributed by atoms with Gasteiger partial charge in [0.15, 0.2) is 0 Å². The molecule has 0 N–H and O–H groups in total. The molecule has 12 rings (SSSR count). The molecule has 270 valence electrons. The zero-order valence-electron chi connectivity index (χ0n) is 31.6. The van der Waals surface area contributed by atoms with Crippen LogP contribution in [0.2, 0.25) is 0 Å². The first-order chi connectivity index (χ1) is 28.8. The number of rotatable bonds is 5. The molecule has 1 aromatic heterocycles. The van der Waals surface area contributed by atoms with Crippen LogP contribution in [-0.4, -0.2) is 6.71 Å². The summed E-state index contributed by atoms with van der Waals surface area (Å²) < 4.78 is 2.65. The lowest BCUT2D eigenvalue weighted by molar-refractivity contribution is 1.25. The number of hydrogen-bond donors (Lipinski definition) is 0. The molecule has 0 fully saturated rings. The van der Waals surface area contributed by atoms with Crippen molar-refractivity contribution < 1.29 is 0 Å². The third kappa shape index (κ3) is 4.98. The van der Waals surface area contributed by atoms with E-state index >= 15 is 0 Å². The van der Waals surface area contributed by atoms with Crippen molar-refractivity contribution in [2.24, 2.45) is 0 Å². The van der Waals surface area contributed by atoms with Gasteiger partial charge in [-0.1, -0.05) is 170 Å². The first-order valence-electron chi connectivity index (χ1n) is 20.0. The van der Waals surface area contributed by atoms with Crippen LogP contribution >= 0.6 is 11.3 Å². The van der Waals surface area contributed by atoms with Crippen LogP contribution in [0.25, 0.3) is 53.6 Å². The summed E-state index contributed by atoms with van der Waals surface area (Å²) >= 11 is 1.90. The summed E-state index contributed by atoms with van der Waals surface area (Å²) in [7, 11) is 0. The molecule has 58 heavy (non-hydrogen) atoms. The number of para-hydroxylation sites is 3. The van der Waals surface area contributed by atoms with Gasteiger partial charge in [-0.25, -0.2) is 0 Å². The summed E-state index contributed by atoms with van der Waals surface area (Å²) in [6, 6.07) is 78.2. The highest BCUT2D eigenvalue weighted by Gasteiger charge is 2.44. The van der Waals surface area contributed by atoms with Crippen molar-refractivity contribution in [1.82, 2.24) is 0 Å². The van der Waals surface area contributed by atoms with Crippen LogP contribution in [0.15, 0.2) is 212 Å². The first-order valence-corrected chi connectivity index (χ1v) is 20.8. The summed E-state index contributed by atoms with van der Waals surface area (Å²) in [5.74, 6) is 0. The minimum Gasteiger partial charge on any atom is -0.311 e. The largest absolute Gasteiger partial charge is 0.311 e. The molecule has 0 amide bonds. The number of anilines is 6. The zero-order valence-corrected chi connectivity index (χ0v) is 32.4. The van der Waals surface area contributed by atoms with E-state index in [9.17, 15) is 0 Å².